The van der Waals surface area contributed by atoms with Crippen LogP contribution in [0.2, 0.25) is 5.02 Å². The molecule has 5 rings (SSSR count). The summed E-state index contributed by atoms with van der Waals surface area (Å²) in [6.07, 6.45) is 5.33. The van der Waals surface area contributed by atoms with Crippen LogP contribution < -0.4 is 0 Å². The largest absolute Gasteiger partial charge is 0.293 e. The number of Topliss-reactive ketones (excluding diaryl/α,β-unsaturated/α-hetero) is 1. The topological polar surface area (TPSA) is 60.2 Å². The van der Waals surface area contributed by atoms with Gasteiger partial charge in [-0.1, -0.05) is 30.3 Å². The lowest BCUT2D eigenvalue weighted by Crippen LogP contribution is -2.04. The molecule has 1 aliphatic carbocycles. The molecule has 8 heteroatoms. The fraction of sp³-hybridized carbons (Fsp3) is 0.300. The lowest BCUT2D eigenvalue weighted by atomic mass is 9.87. The quantitative estimate of drug-likeness (QED) is 0.321. The number of rotatable bonds is 4. The highest BCUT2D eigenvalue weighted by Gasteiger charge is 2.25. The van der Waals surface area contributed by atoms with E-state index in [1.807, 2.05) is 4.40 Å². The van der Waals surface area contributed by atoms with Gasteiger partial charge >= 0.3 is 0 Å². The van der Waals surface area contributed by atoms with Gasteiger partial charge < -0.3 is 0 Å². The molecule has 3 aromatic heterocycles. The summed E-state index contributed by atoms with van der Waals surface area (Å²) in [6.45, 7) is 2.28. The summed E-state index contributed by atoms with van der Waals surface area (Å²) in [4.78, 5) is 19.6. The third-order valence-corrected chi connectivity index (χ3v) is 7.58. The van der Waals surface area contributed by atoms with Crippen LogP contribution in [0.1, 0.15) is 46.5 Å². The van der Waals surface area contributed by atoms with Crippen molar-refractivity contribution in [2.45, 2.75) is 37.3 Å². The van der Waals surface area contributed by atoms with Crippen LogP contribution in [0.15, 0.2) is 35.7 Å². The highest BCUT2D eigenvalue weighted by atomic mass is 35.5. The van der Waals surface area contributed by atoms with E-state index in [0.717, 1.165) is 22.3 Å². The third kappa shape index (κ3) is 3.02. The average Bonchev–Trinajstić information content (AvgIpc) is 3.28. The van der Waals surface area contributed by atoms with E-state index in [9.17, 15) is 4.79 Å². The normalized spacial score (nSPS) is 16.6. The van der Waals surface area contributed by atoms with Crippen molar-refractivity contribution in [3.8, 4) is 0 Å². The summed E-state index contributed by atoms with van der Waals surface area (Å²) in [7, 11) is 0. The van der Waals surface area contributed by atoms with Gasteiger partial charge in [0.2, 0.25) is 0 Å². The van der Waals surface area contributed by atoms with Gasteiger partial charge in [-0.15, -0.1) is 21.5 Å². The predicted molar refractivity (Wildman–Crippen MR) is 114 cm³/mol. The number of aryl methyl sites for hydroxylation is 1. The summed E-state index contributed by atoms with van der Waals surface area (Å²) in [6, 6.07) is 6.95. The van der Waals surface area contributed by atoms with Gasteiger partial charge in [0, 0.05) is 15.5 Å². The second-order valence-corrected chi connectivity index (χ2v) is 9.51. The van der Waals surface area contributed by atoms with E-state index >= 15 is 0 Å². The Morgan fingerprint density at radius 3 is 2.96 bits per heavy atom. The highest BCUT2D eigenvalue weighted by Crippen LogP contribution is 2.42. The van der Waals surface area contributed by atoms with E-state index in [0.29, 0.717) is 27.4 Å². The zero-order valence-corrected chi connectivity index (χ0v) is 17.6. The number of hydrogen-bond acceptors (Lipinski definition) is 6. The summed E-state index contributed by atoms with van der Waals surface area (Å²) < 4.78 is 1.91. The maximum Gasteiger partial charge on any atom is 0.197 e. The molecular weight excluding hydrogens is 412 g/mol. The van der Waals surface area contributed by atoms with Gasteiger partial charge in [0.1, 0.15) is 11.2 Å². The number of ketones is 1. The Bertz CT molecular complexity index is 1200. The molecular formula is C20H17ClN4OS2. The molecule has 5 nitrogen and oxygen atoms in total. The van der Waals surface area contributed by atoms with Gasteiger partial charge in [0.25, 0.3) is 0 Å². The fourth-order valence-corrected chi connectivity index (χ4v) is 6.03. The van der Waals surface area contributed by atoms with E-state index in [-0.39, 0.29) is 5.78 Å². The molecule has 0 saturated heterocycles. The number of thiophene rings is 1. The van der Waals surface area contributed by atoms with Gasteiger partial charge in [-0.3, -0.25) is 9.20 Å². The molecule has 0 saturated carbocycles. The molecule has 0 aliphatic heterocycles. The molecule has 0 radical (unpaired) electrons. The van der Waals surface area contributed by atoms with E-state index in [1.54, 1.807) is 41.9 Å². The van der Waals surface area contributed by atoms with Crippen molar-refractivity contribution in [1.29, 1.82) is 0 Å². The van der Waals surface area contributed by atoms with Crippen LogP contribution in [0.25, 0.3) is 15.9 Å². The molecule has 0 bridgehead atoms. The molecule has 0 N–H and O–H groups in total. The lowest BCUT2D eigenvalue weighted by Gasteiger charge is -2.18. The van der Waals surface area contributed by atoms with Crippen molar-refractivity contribution in [3.63, 3.8) is 0 Å². The van der Waals surface area contributed by atoms with Crippen molar-refractivity contribution >= 4 is 56.3 Å². The number of aromatic nitrogens is 4. The smallest absolute Gasteiger partial charge is 0.197 e. The summed E-state index contributed by atoms with van der Waals surface area (Å²) in [5.41, 5.74) is 2.88. The second kappa shape index (κ2) is 7.13. The first-order valence-electron chi connectivity index (χ1n) is 9.18. The van der Waals surface area contributed by atoms with Crippen LogP contribution in [0, 0.1) is 0 Å². The number of carbonyl (C=O) groups is 1. The molecule has 3 heterocycles. The van der Waals surface area contributed by atoms with E-state index in [4.69, 9.17) is 11.6 Å². The van der Waals surface area contributed by atoms with Crippen molar-refractivity contribution < 1.29 is 4.79 Å². The maximum absolute atomic E-state index is 12.5. The first-order valence-corrected chi connectivity index (χ1v) is 11.4. The minimum absolute atomic E-state index is 0.0361. The number of hydrogen-bond donors (Lipinski definition) is 0. The zero-order valence-electron chi connectivity index (χ0n) is 15.2. The summed E-state index contributed by atoms with van der Waals surface area (Å²) >= 11 is 9.06. The Labute approximate surface area is 175 Å². The first kappa shape index (κ1) is 18.1. The molecule has 1 aromatic carbocycles. The number of fused-ring (bicyclic) bond motifs is 5. The van der Waals surface area contributed by atoms with Crippen LogP contribution in [0.3, 0.4) is 0 Å². The molecule has 142 valence electrons. The molecule has 0 unspecified atom stereocenters. The third-order valence-electron chi connectivity index (χ3n) is 5.21. The van der Waals surface area contributed by atoms with Crippen LogP contribution in [0.5, 0.6) is 0 Å². The van der Waals surface area contributed by atoms with E-state index < -0.39 is 0 Å². The first-order chi connectivity index (χ1) is 13.6. The zero-order chi connectivity index (χ0) is 19.3. The number of benzene rings is 1. The number of thioether (sulfide) groups is 1. The molecule has 1 atom stereocenters. The summed E-state index contributed by atoms with van der Waals surface area (Å²) in [5, 5.41) is 11.2. The molecule has 0 spiro atoms. The molecule has 4 aromatic rings. The Morgan fingerprint density at radius 1 is 1.32 bits per heavy atom. The Kier molecular flexibility index (Phi) is 4.61. The van der Waals surface area contributed by atoms with Gasteiger partial charge in [-0.2, -0.15) is 0 Å². The minimum atomic E-state index is 0.0361. The van der Waals surface area contributed by atoms with Crippen LogP contribution >= 0.6 is 34.7 Å². The highest BCUT2D eigenvalue weighted by molar-refractivity contribution is 7.99. The lowest BCUT2D eigenvalue weighted by molar-refractivity contribution is 0.102. The standard InChI is InChI=1S/C20H17ClN4OS2/c1-11-3-2-4-15-16(11)17-18-23-24-20(25(18)10-22-19(17)28-15)27-9-14(26)12-5-7-13(21)8-6-12/h5-8,10-11H,2-4,9H2,1H3/t11-/m1/s1. The van der Waals surface area contributed by atoms with Gasteiger partial charge in [-0.05, 0) is 55.0 Å². The second-order valence-electron chi connectivity index (χ2n) is 7.05. The minimum Gasteiger partial charge on any atom is -0.293 e. The van der Waals surface area contributed by atoms with Crippen molar-refractivity contribution in [2.24, 2.45) is 0 Å². The van der Waals surface area contributed by atoms with Crippen molar-refractivity contribution in [2.75, 3.05) is 5.75 Å². The predicted octanol–water partition coefficient (Wildman–Crippen LogP) is 5.41. The Morgan fingerprint density at radius 2 is 2.14 bits per heavy atom. The van der Waals surface area contributed by atoms with E-state index in [2.05, 4.69) is 22.1 Å². The van der Waals surface area contributed by atoms with Gasteiger partial charge in [0.15, 0.2) is 16.6 Å². The molecule has 0 amide bonds. The maximum atomic E-state index is 12.5. The number of nitrogens with zero attached hydrogens (tertiary/aromatic N) is 4. The average molecular weight is 429 g/mol. The SMILES string of the molecule is C[C@@H]1CCCc2sc3ncn4c(SCC(=O)c5ccc(Cl)cc5)nnc4c3c21. The Hall–Kier alpha value is -1.96. The van der Waals surface area contributed by atoms with Crippen LogP contribution in [-0.4, -0.2) is 31.1 Å². The number of halogens is 1. The van der Waals surface area contributed by atoms with Crippen LogP contribution in [-0.2, 0) is 6.42 Å². The van der Waals surface area contributed by atoms with E-state index in [1.165, 1.54) is 35.0 Å². The van der Waals surface area contributed by atoms with Crippen LogP contribution in [0.4, 0.5) is 0 Å². The van der Waals surface area contributed by atoms with Crippen molar-refractivity contribution in [3.05, 3.63) is 51.6 Å². The fourth-order valence-electron chi connectivity index (χ4n) is 3.81. The van der Waals surface area contributed by atoms with Crippen molar-refractivity contribution in [1.82, 2.24) is 19.6 Å². The number of carbonyl (C=O) groups excluding carboxylic acids is 1. The van der Waals surface area contributed by atoms with Gasteiger partial charge in [0.05, 0.1) is 11.1 Å². The molecule has 28 heavy (non-hydrogen) atoms. The monoisotopic (exact) mass is 428 g/mol. The molecule has 0 fully saturated rings. The molecule has 1 aliphatic rings. The summed E-state index contributed by atoms with van der Waals surface area (Å²) in [5.74, 6) is 0.845. The van der Waals surface area contributed by atoms with Gasteiger partial charge in [-0.25, -0.2) is 4.98 Å². The Balaban J connectivity index is 1.48.